The Balaban J connectivity index is 1.58. The number of nitrogens with one attached hydrogen (secondary N) is 3. The largest absolute Gasteiger partial charge is 0.490 e. The molecule has 0 aromatic heterocycles. The maximum Gasteiger partial charge on any atom is 0.325 e. The van der Waals surface area contributed by atoms with Crippen molar-refractivity contribution in [2.24, 2.45) is 0 Å². The molecule has 1 aliphatic carbocycles. The summed E-state index contributed by atoms with van der Waals surface area (Å²) < 4.78 is 11.0. The van der Waals surface area contributed by atoms with E-state index < -0.39 is 36.0 Å². The number of rotatable bonds is 7. The van der Waals surface area contributed by atoms with Crippen molar-refractivity contribution in [1.29, 1.82) is 0 Å². The fourth-order valence-electron chi connectivity index (χ4n) is 4.09. The molecular formula is C22H30N4O6. The van der Waals surface area contributed by atoms with Crippen LogP contribution in [-0.4, -0.2) is 54.1 Å². The summed E-state index contributed by atoms with van der Waals surface area (Å²) >= 11 is 0. The van der Waals surface area contributed by atoms with Crippen LogP contribution in [0.4, 0.5) is 15.3 Å². The molecule has 2 aliphatic rings. The fraction of sp³-hybridized carbons (Fsp3) is 0.545. The molecule has 0 bridgehead atoms. The minimum Gasteiger partial charge on any atom is -0.490 e. The molecule has 32 heavy (non-hydrogen) atoms. The average molecular weight is 447 g/mol. The van der Waals surface area contributed by atoms with Gasteiger partial charge in [-0.3, -0.25) is 19.8 Å². The quantitative estimate of drug-likeness (QED) is 0.553. The molecule has 2 fully saturated rings. The molecule has 3 rings (SSSR count). The zero-order valence-electron chi connectivity index (χ0n) is 18.5. The molecule has 1 saturated carbocycles. The first kappa shape index (κ1) is 23.4. The Bertz CT molecular complexity index is 879. The van der Waals surface area contributed by atoms with Gasteiger partial charge in [-0.05, 0) is 38.8 Å². The van der Waals surface area contributed by atoms with Gasteiger partial charge in [0.05, 0.1) is 13.2 Å². The summed E-state index contributed by atoms with van der Waals surface area (Å²) in [5.41, 5.74) is -0.525. The number of urea groups is 2. The molecule has 0 atom stereocenters. The van der Waals surface area contributed by atoms with E-state index in [1.54, 1.807) is 18.2 Å². The molecule has 0 unspecified atom stereocenters. The topological polar surface area (TPSA) is 126 Å². The molecule has 10 heteroatoms. The van der Waals surface area contributed by atoms with Crippen LogP contribution in [0.3, 0.4) is 0 Å². The lowest BCUT2D eigenvalue weighted by Crippen LogP contribution is -2.47. The molecule has 1 aromatic carbocycles. The molecule has 174 valence electrons. The second kappa shape index (κ2) is 10.3. The molecule has 1 spiro atoms. The first-order chi connectivity index (χ1) is 15.4. The van der Waals surface area contributed by atoms with Gasteiger partial charge in [0.1, 0.15) is 12.1 Å². The Morgan fingerprint density at radius 1 is 1.03 bits per heavy atom. The fourth-order valence-corrected chi connectivity index (χ4v) is 4.09. The summed E-state index contributed by atoms with van der Waals surface area (Å²) in [6.45, 7) is 4.04. The number of amides is 6. The van der Waals surface area contributed by atoms with Crippen molar-refractivity contribution < 1.29 is 28.7 Å². The number of carbonyl (C=O) groups is 4. The van der Waals surface area contributed by atoms with Crippen molar-refractivity contribution in [3.05, 3.63) is 18.2 Å². The van der Waals surface area contributed by atoms with Crippen molar-refractivity contribution in [3.8, 4) is 11.5 Å². The third-order valence-corrected chi connectivity index (χ3v) is 5.56. The van der Waals surface area contributed by atoms with Crippen molar-refractivity contribution >= 4 is 29.6 Å². The van der Waals surface area contributed by atoms with Gasteiger partial charge in [0.15, 0.2) is 11.5 Å². The van der Waals surface area contributed by atoms with Gasteiger partial charge in [-0.25, -0.2) is 9.59 Å². The zero-order valence-corrected chi connectivity index (χ0v) is 18.5. The molecule has 3 N–H and O–H groups in total. The lowest BCUT2D eigenvalue weighted by atomic mass is 9.90. The molecule has 10 nitrogen and oxygen atoms in total. The maximum atomic E-state index is 12.9. The molecular weight excluding hydrogens is 416 g/mol. The second-order valence-corrected chi connectivity index (χ2v) is 7.85. The predicted octanol–water partition coefficient (Wildman–Crippen LogP) is 2.78. The molecule has 0 radical (unpaired) electrons. The number of hydrogen-bond acceptors (Lipinski definition) is 6. The van der Waals surface area contributed by atoms with E-state index in [0.717, 1.165) is 30.6 Å². The Hall–Kier alpha value is -3.30. The Morgan fingerprint density at radius 2 is 1.69 bits per heavy atom. The SMILES string of the molecule is CCOc1ccc(NC(=O)NC(=O)CN2C(=O)NC3(CCCCCC3)C2=O)cc1OCC. The Kier molecular flexibility index (Phi) is 7.55. The van der Waals surface area contributed by atoms with Crippen molar-refractivity contribution in [3.63, 3.8) is 0 Å². The Labute approximate surface area is 187 Å². The normalized spacial score (nSPS) is 17.5. The summed E-state index contributed by atoms with van der Waals surface area (Å²) in [4.78, 5) is 50.7. The van der Waals surface area contributed by atoms with Gasteiger partial charge in [0, 0.05) is 11.8 Å². The van der Waals surface area contributed by atoms with Crippen LogP contribution in [0.25, 0.3) is 0 Å². The number of benzene rings is 1. The van der Waals surface area contributed by atoms with E-state index in [1.165, 1.54) is 0 Å². The van der Waals surface area contributed by atoms with E-state index in [9.17, 15) is 19.2 Å². The minimum atomic E-state index is -0.923. The van der Waals surface area contributed by atoms with Gasteiger partial charge in [0.2, 0.25) is 5.91 Å². The highest BCUT2D eigenvalue weighted by Gasteiger charge is 2.51. The van der Waals surface area contributed by atoms with Crippen LogP contribution < -0.4 is 25.4 Å². The van der Waals surface area contributed by atoms with Gasteiger partial charge >= 0.3 is 12.1 Å². The number of anilines is 1. The van der Waals surface area contributed by atoms with E-state index >= 15 is 0 Å². The molecule has 6 amide bonds. The van der Waals surface area contributed by atoms with Crippen molar-refractivity contribution in [2.75, 3.05) is 25.1 Å². The van der Waals surface area contributed by atoms with Crippen LogP contribution in [0, 0.1) is 0 Å². The Morgan fingerprint density at radius 3 is 2.34 bits per heavy atom. The van der Waals surface area contributed by atoms with Crippen LogP contribution in [-0.2, 0) is 9.59 Å². The smallest absolute Gasteiger partial charge is 0.325 e. The monoisotopic (exact) mass is 446 g/mol. The van der Waals surface area contributed by atoms with Crippen molar-refractivity contribution in [2.45, 2.75) is 57.9 Å². The summed E-state index contributed by atoms with van der Waals surface area (Å²) in [7, 11) is 0. The van der Waals surface area contributed by atoms with E-state index in [2.05, 4.69) is 16.0 Å². The zero-order chi connectivity index (χ0) is 23.1. The third kappa shape index (κ3) is 5.30. The highest BCUT2D eigenvalue weighted by molar-refractivity contribution is 6.10. The summed E-state index contributed by atoms with van der Waals surface area (Å²) in [5, 5.41) is 7.47. The summed E-state index contributed by atoms with van der Waals surface area (Å²) in [6, 6.07) is 3.49. The summed E-state index contributed by atoms with van der Waals surface area (Å²) in [5.74, 6) is -0.144. The maximum absolute atomic E-state index is 12.9. The van der Waals surface area contributed by atoms with Gasteiger partial charge in [-0.2, -0.15) is 0 Å². The molecule has 1 aromatic rings. The van der Waals surface area contributed by atoms with Gasteiger partial charge in [0.25, 0.3) is 5.91 Å². The lowest BCUT2D eigenvalue weighted by molar-refractivity contribution is -0.135. The van der Waals surface area contributed by atoms with Crippen LogP contribution >= 0.6 is 0 Å². The van der Waals surface area contributed by atoms with Crippen LogP contribution in [0.5, 0.6) is 11.5 Å². The van der Waals surface area contributed by atoms with E-state index in [0.29, 0.717) is 43.2 Å². The van der Waals surface area contributed by atoms with E-state index in [4.69, 9.17) is 9.47 Å². The average Bonchev–Trinajstić information content (AvgIpc) is 2.90. The number of ether oxygens (including phenoxy) is 2. The van der Waals surface area contributed by atoms with Crippen molar-refractivity contribution in [1.82, 2.24) is 15.5 Å². The second-order valence-electron chi connectivity index (χ2n) is 7.85. The molecule has 1 heterocycles. The van der Waals surface area contributed by atoms with Crippen LogP contribution in [0.2, 0.25) is 0 Å². The number of carbonyl (C=O) groups excluding carboxylic acids is 4. The third-order valence-electron chi connectivity index (χ3n) is 5.56. The van der Waals surface area contributed by atoms with Gasteiger partial charge in [-0.15, -0.1) is 0 Å². The van der Waals surface area contributed by atoms with Gasteiger partial charge < -0.3 is 20.1 Å². The first-order valence-corrected chi connectivity index (χ1v) is 11.0. The highest BCUT2D eigenvalue weighted by atomic mass is 16.5. The predicted molar refractivity (Wildman–Crippen MR) is 117 cm³/mol. The van der Waals surface area contributed by atoms with Gasteiger partial charge in [-0.1, -0.05) is 25.7 Å². The van der Waals surface area contributed by atoms with E-state index in [-0.39, 0.29) is 0 Å². The molecule has 1 saturated heterocycles. The number of imide groups is 2. The summed E-state index contributed by atoms with van der Waals surface area (Å²) in [6.07, 6.45) is 4.86. The van der Waals surface area contributed by atoms with E-state index in [1.807, 2.05) is 13.8 Å². The van der Waals surface area contributed by atoms with Crippen LogP contribution in [0.15, 0.2) is 18.2 Å². The number of nitrogens with zero attached hydrogens (tertiary/aromatic N) is 1. The minimum absolute atomic E-state index is 0.396. The molecule has 1 aliphatic heterocycles. The van der Waals surface area contributed by atoms with Crippen LogP contribution in [0.1, 0.15) is 52.4 Å². The first-order valence-electron chi connectivity index (χ1n) is 11.0. The lowest BCUT2D eigenvalue weighted by Gasteiger charge is -2.24. The highest BCUT2D eigenvalue weighted by Crippen LogP contribution is 2.33. The standard InChI is InChI=1S/C22H30N4O6/c1-3-31-16-10-9-15(13-17(16)32-4-2)23-20(29)24-18(27)14-26-19(28)22(25-21(26)30)11-7-5-6-8-12-22/h9-10,13H,3-8,11-12,14H2,1-2H3,(H,25,30)(H2,23,24,27,29). The number of hydrogen-bond donors (Lipinski definition) is 3.